The maximum Gasteiger partial charge on any atom is 0.459 e. The lowest BCUT2D eigenvalue weighted by Gasteiger charge is -2.34. The highest BCUT2D eigenvalue weighted by atomic mass is 31.2. The van der Waals surface area contributed by atoms with Crippen LogP contribution >= 0.6 is 7.75 Å². The smallest absolute Gasteiger partial charge is 0.459 e. The van der Waals surface area contributed by atoms with Gasteiger partial charge in [-0.2, -0.15) is 28.6 Å². The monoisotopic (exact) mass is 670 g/mol. The lowest BCUT2D eigenvalue weighted by Crippen LogP contribution is -2.50. The zero-order valence-electron chi connectivity index (χ0n) is 24.8. The summed E-state index contributed by atoms with van der Waals surface area (Å²) in [7, 11) is -3.54. The number of benzene rings is 1. The highest BCUT2D eigenvalue weighted by Gasteiger charge is 2.48. The number of nitriles is 1. The molecule has 5 atom stereocenters. The van der Waals surface area contributed by atoms with Gasteiger partial charge in [0.05, 0.1) is 11.6 Å². The van der Waals surface area contributed by atoms with Gasteiger partial charge in [-0.1, -0.05) is 18.2 Å². The first-order chi connectivity index (χ1) is 21.7. The summed E-state index contributed by atoms with van der Waals surface area (Å²) in [5.74, 6) is -2.26. The molecule has 18 heteroatoms. The summed E-state index contributed by atoms with van der Waals surface area (Å²) in [6.07, 6.45) is -8.16. The maximum absolute atomic E-state index is 14.0. The van der Waals surface area contributed by atoms with Gasteiger partial charge in [-0.05, 0) is 56.9 Å². The fourth-order valence-corrected chi connectivity index (χ4v) is 6.50. The number of aromatic nitrogens is 3. The van der Waals surface area contributed by atoms with Crippen LogP contribution in [0, 0.1) is 17.2 Å². The van der Waals surface area contributed by atoms with Gasteiger partial charge in [0.2, 0.25) is 5.60 Å². The number of fused-ring (bicyclic) bond motifs is 1. The molecule has 46 heavy (non-hydrogen) atoms. The van der Waals surface area contributed by atoms with Crippen molar-refractivity contribution in [3.05, 3.63) is 54.5 Å². The first kappa shape index (κ1) is 35.1. The quantitative estimate of drug-likeness (QED) is 0.152. The van der Waals surface area contributed by atoms with Gasteiger partial charge in [-0.3, -0.25) is 9.32 Å². The van der Waals surface area contributed by atoms with Crippen molar-refractivity contribution in [3.63, 3.8) is 0 Å². The van der Waals surface area contributed by atoms with Gasteiger partial charge in [0.1, 0.15) is 54.6 Å². The molecule has 250 valence electrons. The van der Waals surface area contributed by atoms with E-state index in [2.05, 4.69) is 15.2 Å². The fraction of sp³-hybridized carbons (Fsp3) is 0.500. The summed E-state index contributed by atoms with van der Waals surface area (Å²) >= 11 is 0. The molecule has 3 aromatic rings. The fourth-order valence-electron chi connectivity index (χ4n) is 4.98. The number of para-hydroxylation sites is 1. The van der Waals surface area contributed by atoms with Crippen LogP contribution in [0.1, 0.15) is 44.4 Å². The number of aliphatic hydroxyl groups excluding tert-OH is 2. The van der Waals surface area contributed by atoms with Gasteiger partial charge >= 0.3 is 19.9 Å². The lowest BCUT2D eigenvalue weighted by atomic mass is 9.87. The summed E-state index contributed by atoms with van der Waals surface area (Å²) in [5.41, 5.74) is 3.83. The van der Waals surface area contributed by atoms with Crippen LogP contribution in [0.25, 0.3) is 5.52 Å². The van der Waals surface area contributed by atoms with E-state index in [1.54, 1.807) is 24.3 Å². The third kappa shape index (κ3) is 7.95. The van der Waals surface area contributed by atoms with E-state index >= 15 is 0 Å². The first-order valence-electron chi connectivity index (χ1n) is 14.2. The number of aliphatic hydroxyl groups is 2. The van der Waals surface area contributed by atoms with Crippen LogP contribution in [0.4, 0.5) is 19.0 Å². The third-order valence-corrected chi connectivity index (χ3v) is 9.31. The van der Waals surface area contributed by atoms with Crippen molar-refractivity contribution in [3.8, 4) is 11.8 Å². The largest absolute Gasteiger partial charge is 0.461 e. The van der Waals surface area contributed by atoms with Gasteiger partial charge in [-0.25, -0.2) is 14.1 Å². The Morgan fingerprint density at radius 1 is 1.20 bits per heavy atom. The van der Waals surface area contributed by atoms with Crippen molar-refractivity contribution in [2.24, 2.45) is 5.92 Å². The molecule has 0 bridgehead atoms. The molecule has 1 aliphatic rings. The van der Waals surface area contributed by atoms with E-state index in [0.717, 1.165) is 13.4 Å². The lowest BCUT2D eigenvalue weighted by molar-refractivity contribution is -0.188. The molecule has 14 nitrogen and oxygen atoms in total. The van der Waals surface area contributed by atoms with E-state index < -0.39 is 62.4 Å². The van der Waals surface area contributed by atoms with Crippen LogP contribution in [0.15, 0.2) is 48.8 Å². The minimum absolute atomic E-state index is 0.00559. The normalized spacial score (nSPS) is 21.7. The number of nitrogens with zero attached hydrogens (tertiary/aromatic N) is 4. The molecule has 1 saturated carbocycles. The maximum atomic E-state index is 14.0. The summed E-state index contributed by atoms with van der Waals surface area (Å²) in [6.45, 7) is 0.338. The number of nitrogens with one attached hydrogen (secondary N) is 1. The Bertz CT molecular complexity index is 1580. The molecule has 0 aliphatic heterocycles. The summed E-state index contributed by atoms with van der Waals surface area (Å²) in [4.78, 5) is 16.7. The number of anilines is 1. The summed E-state index contributed by atoms with van der Waals surface area (Å²) in [5, 5.41) is 38.8. The number of esters is 1. The third-order valence-electron chi connectivity index (χ3n) is 7.69. The predicted octanol–water partition coefficient (Wildman–Crippen LogP) is 3.46. The first-order valence-corrected chi connectivity index (χ1v) is 15.7. The van der Waals surface area contributed by atoms with E-state index in [1.807, 2.05) is 0 Å². The number of carbonyl (C=O) groups is 1. The average Bonchev–Trinajstić information content (AvgIpc) is 3.47. The predicted molar refractivity (Wildman–Crippen MR) is 155 cm³/mol. The number of ether oxygens (including phenoxy) is 2. The van der Waals surface area contributed by atoms with Crippen LogP contribution in [-0.4, -0.2) is 74.5 Å². The molecule has 0 radical (unpaired) electrons. The van der Waals surface area contributed by atoms with Crippen molar-refractivity contribution in [2.45, 2.75) is 68.7 Å². The molecule has 1 fully saturated rings. The second-order valence-corrected chi connectivity index (χ2v) is 12.5. The SMILES string of the molecule is CO[C@](C#N)(COP(=O)(N[C@@H](C)C(=O)OC1CCC(C(F)(F)F)CC1)Oc1ccccc1)[C@@H](O)[C@@H](O)c1ccc2c(N)ncnn12. The molecule has 1 unspecified atom stereocenters. The molecule has 5 N–H and O–H groups in total. The Hall–Kier alpha value is -3.78. The highest BCUT2D eigenvalue weighted by Crippen LogP contribution is 2.46. The van der Waals surface area contributed by atoms with Gasteiger partial charge in [0.25, 0.3) is 0 Å². The topological polar surface area (TPSA) is 204 Å². The van der Waals surface area contributed by atoms with Gasteiger partial charge in [0.15, 0.2) is 5.82 Å². The zero-order chi connectivity index (χ0) is 33.7. The summed E-state index contributed by atoms with van der Waals surface area (Å²) in [6, 6.07) is 11.0. The minimum Gasteiger partial charge on any atom is -0.461 e. The molecule has 2 aromatic heterocycles. The molecule has 4 rings (SSSR count). The molecule has 0 saturated heterocycles. The second kappa shape index (κ2) is 14.3. The number of halogens is 3. The van der Waals surface area contributed by atoms with Crippen LogP contribution in [0.5, 0.6) is 5.75 Å². The van der Waals surface area contributed by atoms with Crippen LogP contribution < -0.4 is 15.3 Å². The Morgan fingerprint density at radius 2 is 1.87 bits per heavy atom. The minimum atomic E-state index is -4.60. The van der Waals surface area contributed by atoms with E-state index in [1.165, 1.54) is 35.7 Å². The van der Waals surface area contributed by atoms with Crippen LogP contribution in [0.3, 0.4) is 0 Å². The number of rotatable bonds is 13. The number of nitrogens with two attached hydrogens (primary N) is 1. The van der Waals surface area contributed by atoms with Crippen molar-refractivity contribution in [1.29, 1.82) is 5.26 Å². The summed E-state index contributed by atoms with van der Waals surface area (Å²) < 4.78 is 76.1. The number of carbonyl (C=O) groups excluding carboxylic acids is 1. The Morgan fingerprint density at radius 3 is 2.48 bits per heavy atom. The molecule has 2 heterocycles. The number of methoxy groups -OCH3 is 1. The number of alkyl halides is 3. The number of hydrogen-bond acceptors (Lipinski definition) is 12. The van der Waals surface area contributed by atoms with E-state index in [0.29, 0.717) is 5.52 Å². The van der Waals surface area contributed by atoms with E-state index in [4.69, 9.17) is 24.3 Å². The Labute approximate surface area is 261 Å². The van der Waals surface area contributed by atoms with E-state index in [-0.39, 0.29) is 42.9 Å². The number of nitrogen functional groups attached to an aromatic ring is 1. The van der Waals surface area contributed by atoms with Gasteiger partial charge in [0, 0.05) is 7.11 Å². The Kier molecular flexibility index (Phi) is 10.9. The molecular formula is C28H34F3N6O8P. The van der Waals surface area contributed by atoms with Gasteiger partial charge < -0.3 is 29.9 Å². The molecule has 1 aliphatic carbocycles. The van der Waals surface area contributed by atoms with Crippen LogP contribution in [-0.2, 0) is 23.4 Å². The number of hydrogen-bond donors (Lipinski definition) is 4. The molecule has 0 amide bonds. The van der Waals surface area contributed by atoms with Crippen molar-refractivity contribution in [1.82, 2.24) is 19.7 Å². The van der Waals surface area contributed by atoms with Crippen LogP contribution in [0.2, 0.25) is 0 Å². The van der Waals surface area contributed by atoms with Crippen molar-refractivity contribution in [2.75, 3.05) is 19.5 Å². The van der Waals surface area contributed by atoms with Crippen molar-refractivity contribution < 1.29 is 51.3 Å². The Balaban J connectivity index is 1.50. The van der Waals surface area contributed by atoms with Gasteiger partial charge in [-0.15, -0.1) is 0 Å². The second-order valence-electron chi connectivity index (χ2n) is 10.8. The molecule has 0 spiro atoms. The van der Waals surface area contributed by atoms with Crippen molar-refractivity contribution >= 4 is 25.1 Å². The van der Waals surface area contributed by atoms with E-state index in [9.17, 15) is 38.0 Å². The standard InChI is InChI=1S/C28H34F3N6O8P/c1-17(26(40)44-19-10-8-18(9-11-19)28(29,30)31)36-46(41,45-20-6-4-3-5-7-20)43-15-27(14-32,42-2)24(39)23(38)21-12-13-22-25(33)34-16-35-37(21)22/h3-7,12-13,16-19,23-24,38-39H,8-11,15H2,1-2H3,(H,36,41)(H2,33,34,35)/t17-,18?,19?,23-,24-,27+,46?/m0/s1. The highest BCUT2D eigenvalue weighted by molar-refractivity contribution is 7.52. The molecule has 1 aromatic carbocycles. The zero-order valence-corrected chi connectivity index (χ0v) is 25.7. The average molecular weight is 671 g/mol. The molecular weight excluding hydrogens is 636 g/mol.